The largest absolute Gasteiger partial charge is 0.366 e. The van der Waals surface area contributed by atoms with E-state index in [2.05, 4.69) is 48.2 Å². The standard InChI is InChI=1S/C26H26FN5O/c1-18(2)19-7-9-20(10-8-19)23-11-12-28-25-21(17-29-32(23)25)26(33)31-15-13-30(14-16-31)24-6-4-3-5-22(24)27/h3-12,17-18H,13-16H2,1-2H3. The van der Waals surface area contributed by atoms with Crippen molar-refractivity contribution in [2.75, 3.05) is 31.1 Å². The van der Waals surface area contributed by atoms with Gasteiger partial charge in [0.2, 0.25) is 0 Å². The second-order valence-corrected chi connectivity index (χ2v) is 8.63. The van der Waals surface area contributed by atoms with Gasteiger partial charge in [-0.2, -0.15) is 5.10 Å². The van der Waals surface area contributed by atoms with Crippen LogP contribution in [0.4, 0.5) is 10.1 Å². The Hall–Kier alpha value is -3.74. The molecule has 1 aliphatic heterocycles. The van der Waals surface area contributed by atoms with Crippen molar-refractivity contribution in [2.45, 2.75) is 19.8 Å². The first-order chi connectivity index (χ1) is 16.0. The van der Waals surface area contributed by atoms with Gasteiger partial charge in [-0.05, 0) is 29.7 Å². The van der Waals surface area contributed by atoms with Gasteiger partial charge >= 0.3 is 0 Å². The number of carbonyl (C=O) groups excluding carboxylic acids is 1. The molecule has 0 aliphatic carbocycles. The van der Waals surface area contributed by atoms with Gasteiger partial charge in [0.05, 0.1) is 17.6 Å². The highest BCUT2D eigenvalue weighted by molar-refractivity contribution is 6.00. The van der Waals surface area contributed by atoms with Crippen LogP contribution in [0.15, 0.2) is 67.0 Å². The van der Waals surface area contributed by atoms with Crippen molar-refractivity contribution in [1.29, 1.82) is 0 Å². The Morgan fingerprint density at radius 2 is 1.70 bits per heavy atom. The quantitative estimate of drug-likeness (QED) is 0.462. The van der Waals surface area contributed by atoms with Gasteiger partial charge in [-0.1, -0.05) is 50.2 Å². The number of halogens is 1. The van der Waals surface area contributed by atoms with Crippen LogP contribution in [0, 0.1) is 5.82 Å². The number of hydrogen-bond donors (Lipinski definition) is 0. The van der Waals surface area contributed by atoms with Crippen LogP contribution in [-0.4, -0.2) is 51.6 Å². The molecular weight excluding hydrogens is 417 g/mol. The number of carbonyl (C=O) groups is 1. The predicted octanol–water partition coefficient (Wildman–Crippen LogP) is 4.62. The van der Waals surface area contributed by atoms with E-state index in [0.717, 1.165) is 11.3 Å². The molecule has 1 saturated heterocycles. The maximum absolute atomic E-state index is 14.1. The van der Waals surface area contributed by atoms with Crippen molar-refractivity contribution in [3.63, 3.8) is 0 Å². The lowest BCUT2D eigenvalue weighted by Gasteiger charge is -2.36. The molecule has 2 aromatic carbocycles. The first-order valence-electron chi connectivity index (χ1n) is 11.2. The van der Waals surface area contributed by atoms with E-state index in [9.17, 15) is 9.18 Å². The fourth-order valence-electron chi connectivity index (χ4n) is 4.33. The van der Waals surface area contributed by atoms with Crippen LogP contribution >= 0.6 is 0 Å². The van der Waals surface area contributed by atoms with Crippen LogP contribution in [-0.2, 0) is 0 Å². The van der Waals surface area contributed by atoms with Crippen LogP contribution in [0.25, 0.3) is 16.9 Å². The van der Waals surface area contributed by atoms with Gasteiger partial charge in [0.25, 0.3) is 5.91 Å². The van der Waals surface area contributed by atoms with E-state index < -0.39 is 0 Å². The summed E-state index contributed by atoms with van der Waals surface area (Å²) in [4.78, 5) is 21.5. The Morgan fingerprint density at radius 1 is 0.970 bits per heavy atom. The zero-order valence-corrected chi connectivity index (χ0v) is 18.8. The summed E-state index contributed by atoms with van der Waals surface area (Å²) in [5, 5.41) is 4.49. The monoisotopic (exact) mass is 443 g/mol. The molecule has 0 bridgehead atoms. The summed E-state index contributed by atoms with van der Waals surface area (Å²) in [6.07, 6.45) is 3.31. The van der Waals surface area contributed by atoms with Gasteiger partial charge in [-0.25, -0.2) is 13.9 Å². The first-order valence-corrected chi connectivity index (χ1v) is 11.2. The molecule has 7 heteroatoms. The lowest BCUT2D eigenvalue weighted by molar-refractivity contribution is 0.0748. The smallest absolute Gasteiger partial charge is 0.259 e. The molecule has 0 spiro atoms. The maximum Gasteiger partial charge on any atom is 0.259 e. The zero-order valence-electron chi connectivity index (χ0n) is 18.8. The van der Waals surface area contributed by atoms with Crippen LogP contribution in [0.5, 0.6) is 0 Å². The van der Waals surface area contributed by atoms with Crippen molar-refractivity contribution >= 4 is 17.2 Å². The van der Waals surface area contributed by atoms with Crippen molar-refractivity contribution in [1.82, 2.24) is 19.5 Å². The van der Waals surface area contributed by atoms with Crippen LogP contribution in [0.3, 0.4) is 0 Å². The van der Waals surface area contributed by atoms with Gasteiger partial charge in [0.15, 0.2) is 5.65 Å². The molecule has 0 saturated carbocycles. The van der Waals surface area contributed by atoms with Crippen LogP contribution < -0.4 is 4.90 Å². The second-order valence-electron chi connectivity index (χ2n) is 8.63. The fourth-order valence-corrected chi connectivity index (χ4v) is 4.33. The summed E-state index contributed by atoms with van der Waals surface area (Å²) < 4.78 is 15.9. The van der Waals surface area contributed by atoms with Crippen molar-refractivity contribution < 1.29 is 9.18 Å². The summed E-state index contributed by atoms with van der Waals surface area (Å²) >= 11 is 0. The van der Waals surface area contributed by atoms with Crippen molar-refractivity contribution in [2.24, 2.45) is 0 Å². The van der Waals surface area contributed by atoms with Gasteiger partial charge in [0, 0.05) is 37.9 Å². The molecule has 0 unspecified atom stereocenters. The molecule has 0 atom stereocenters. The average Bonchev–Trinajstić information content (AvgIpc) is 3.28. The molecule has 1 amide bonds. The number of hydrogen-bond acceptors (Lipinski definition) is 4. The van der Waals surface area contributed by atoms with Crippen molar-refractivity contribution in [3.8, 4) is 11.3 Å². The molecule has 5 rings (SSSR count). The molecule has 1 aliphatic rings. The minimum Gasteiger partial charge on any atom is -0.366 e. The summed E-state index contributed by atoms with van der Waals surface area (Å²) in [7, 11) is 0. The van der Waals surface area contributed by atoms with Gasteiger partial charge < -0.3 is 9.80 Å². The van der Waals surface area contributed by atoms with E-state index in [1.807, 2.05) is 17.0 Å². The van der Waals surface area contributed by atoms with Crippen LogP contribution in [0.1, 0.15) is 35.7 Å². The topological polar surface area (TPSA) is 53.7 Å². The Kier molecular flexibility index (Phi) is 5.54. The Morgan fingerprint density at radius 3 is 2.39 bits per heavy atom. The number of rotatable bonds is 4. The zero-order chi connectivity index (χ0) is 22.9. The molecule has 0 radical (unpaired) electrons. The normalized spacial score (nSPS) is 14.3. The highest BCUT2D eigenvalue weighted by Crippen LogP contribution is 2.25. The summed E-state index contributed by atoms with van der Waals surface area (Å²) in [5.74, 6) is 0.125. The predicted molar refractivity (Wildman–Crippen MR) is 127 cm³/mol. The molecular formula is C26H26FN5O. The third kappa shape index (κ3) is 3.95. The van der Waals surface area contributed by atoms with E-state index in [1.54, 1.807) is 33.9 Å². The molecule has 33 heavy (non-hydrogen) atoms. The van der Waals surface area contributed by atoms with Gasteiger partial charge in [-0.15, -0.1) is 0 Å². The molecule has 1 fully saturated rings. The van der Waals surface area contributed by atoms with E-state index >= 15 is 0 Å². The minimum atomic E-state index is -0.238. The van der Waals surface area contributed by atoms with Crippen molar-refractivity contribution in [3.05, 3.63) is 83.9 Å². The van der Waals surface area contributed by atoms with E-state index in [4.69, 9.17) is 0 Å². The Bertz CT molecular complexity index is 1290. The van der Waals surface area contributed by atoms with E-state index in [1.165, 1.54) is 11.6 Å². The number of fused-ring (bicyclic) bond motifs is 1. The highest BCUT2D eigenvalue weighted by atomic mass is 19.1. The summed E-state index contributed by atoms with van der Waals surface area (Å²) in [6, 6.07) is 17.1. The second kappa shape index (κ2) is 8.65. The highest BCUT2D eigenvalue weighted by Gasteiger charge is 2.26. The summed E-state index contributed by atoms with van der Waals surface area (Å²) in [6.45, 7) is 6.52. The molecule has 6 nitrogen and oxygen atoms in total. The molecule has 168 valence electrons. The van der Waals surface area contributed by atoms with Gasteiger partial charge in [0.1, 0.15) is 11.4 Å². The molecule has 4 aromatic rings. The van der Waals surface area contributed by atoms with E-state index in [-0.39, 0.29) is 11.7 Å². The lowest BCUT2D eigenvalue weighted by atomic mass is 10.0. The molecule has 2 aromatic heterocycles. The van der Waals surface area contributed by atoms with E-state index in [0.29, 0.717) is 49.0 Å². The Labute approximate surface area is 192 Å². The SMILES string of the molecule is CC(C)c1ccc(-c2ccnc3c(C(=O)N4CCN(c5ccccc5F)CC4)cnn23)cc1. The number of para-hydroxylation sites is 1. The van der Waals surface area contributed by atoms with Gasteiger partial charge in [-0.3, -0.25) is 4.79 Å². The number of piperazine rings is 1. The number of amides is 1. The fraction of sp³-hybridized carbons (Fsp3) is 0.269. The number of anilines is 1. The average molecular weight is 444 g/mol. The maximum atomic E-state index is 14.1. The Balaban J connectivity index is 1.37. The molecule has 3 heterocycles. The first kappa shape index (κ1) is 21.1. The van der Waals surface area contributed by atoms with Crippen LogP contribution in [0.2, 0.25) is 0 Å². The lowest BCUT2D eigenvalue weighted by Crippen LogP contribution is -2.49. The third-order valence-electron chi connectivity index (χ3n) is 6.26. The number of aromatic nitrogens is 3. The number of nitrogens with zero attached hydrogens (tertiary/aromatic N) is 5. The summed E-state index contributed by atoms with van der Waals surface area (Å²) in [5.41, 5.74) is 4.79. The molecule has 0 N–H and O–H groups in total. The minimum absolute atomic E-state index is 0.0991. The third-order valence-corrected chi connectivity index (χ3v) is 6.26. The number of benzene rings is 2.